The highest BCUT2D eigenvalue weighted by Crippen LogP contribution is 2.12. The van der Waals surface area contributed by atoms with Crippen molar-refractivity contribution in [2.75, 3.05) is 11.9 Å². The maximum atomic E-state index is 11.4. The fourth-order valence-electron chi connectivity index (χ4n) is 1.18. The van der Waals surface area contributed by atoms with Crippen LogP contribution in [0.5, 0.6) is 0 Å². The Morgan fingerprint density at radius 3 is 2.60 bits per heavy atom. The van der Waals surface area contributed by atoms with Gasteiger partial charge < -0.3 is 10.6 Å². The van der Waals surface area contributed by atoms with Crippen LogP contribution >= 0.6 is 0 Å². The predicted molar refractivity (Wildman–Crippen MR) is 63.0 cm³/mol. The molecule has 0 bridgehead atoms. The van der Waals surface area contributed by atoms with E-state index in [0.29, 0.717) is 12.5 Å². The van der Waals surface area contributed by atoms with Crippen LogP contribution in [0.15, 0.2) is 24.3 Å². The zero-order valence-electron chi connectivity index (χ0n) is 9.50. The van der Waals surface area contributed by atoms with Crippen molar-refractivity contribution in [1.82, 2.24) is 5.32 Å². The predicted octanol–water partition coefficient (Wildman–Crippen LogP) is 2.77. The van der Waals surface area contributed by atoms with E-state index in [0.717, 1.165) is 11.3 Å². The average Bonchev–Trinajstić information content (AvgIpc) is 2.18. The Balaban J connectivity index is 2.48. The van der Waals surface area contributed by atoms with Gasteiger partial charge >= 0.3 is 6.03 Å². The maximum Gasteiger partial charge on any atom is 0.319 e. The molecule has 0 aliphatic carbocycles. The quantitative estimate of drug-likeness (QED) is 0.784. The van der Waals surface area contributed by atoms with Gasteiger partial charge in [0, 0.05) is 12.2 Å². The molecule has 0 heterocycles. The molecular weight excluding hydrogens is 188 g/mol. The molecule has 15 heavy (non-hydrogen) atoms. The molecule has 0 aliphatic heterocycles. The van der Waals surface area contributed by atoms with Crippen LogP contribution in [0.4, 0.5) is 10.5 Å². The minimum Gasteiger partial charge on any atom is -0.338 e. The van der Waals surface area contributed by atoms with Crippen molar-refractivity contribution < 1.29 is 4.79 Å². The minimum absolute atomic E-state index is 0.141. The van der Waals surface area contributed by atoms with Crippen LogP contribution in [0.1, 0.15) is 19.4 Å². The number of carbonyl (C=O) groups excluding carboxylic acids is 1. The van der Waals surface area contributed by atoms with Crippen LogP contribution < -0.4 is 10.6 Å². The Labute approximate surface area is 90.9 Å². The van der Waals surface area contributed by atoms with Gasteiger partial charge in [0.05, 0.1) is 0 Å². The van der Waals surface area contributed by atoms with Gasteiger partial charge in [-0.05, 0) is 24.5 Å². The number of nitrogens with one attached hydrogen (secondary N) is 2. The number of rotatable bonds is 3. The summed E-state index contributed by atoms with van der Waals surface area (Å²) < 4.78 is 0. The van der Waals surface area contributed by atoms with E-state index < -0.39 is 0 Å². The Bertz CT molecular complexity index is 334. The summed E-state index contributed by atoms with van der Waals surface area (Å²) in [6.07, 6.45) is 0. The number of aryl methyl sites for hydroxylation is 1. The van der Waals surface area contributed by atoms with Gasteiger partial charge in [0.2, 0.25) is 0 Å². The van der Waals surface area contributed by atoms with Gasteiger partial charge in [-0.15, -0.1) is 0 Å². The highest BCUT2D eigenvalue weighted by molar-refractivity contribution is 5.89. The molecule has 0 unspecified atom stereocenters. The van der Waals surface area contributed by atoms with Crippen LogP contribution in [0.25, 0.3) is 0 Å². The topological polar surface area (TPSA) is 41.1 Å². The third-order valence-electron chi connectivity index (χ3n) is 2.06. The maximum absolute atomic E-state index is 11.4. The number of amides is 2. The summed E-state index contributed by atoms with van der Waals surface area (Å²) in [7, 11) is 0. The van der Waals surface area contributed by atoms with Crippen molar-refractivity contribution in [2.24, 2.45) is 5.92 Å². The summed E-state index contributed by atoms with van der Waals surface area (Å²) in [5.74, 6) is 0.465. The summed E-state index contributed by atoms with van der Waals surface area (Å²) >= 11 is 0. The molecule has 1 rings (SSSR count). The molecule has 0 saturated carbocycles. The molecule has 2 amide bonds. The van der Waals surface area contributed by atoms with Gasteiger partial charge in [0.25, 0.3) is 0 Å². The van der Waals surface area contributed by atoms with Gasteiger partial charge in [-0.2, -0.15) is 0 Å². The third kappa shape index (κ3) is 4.02. The normalized spacial score (nSPS) is 10.1. The Morgan fingerprint density at radius 2 is 2.00 bits per heavy atom. The first-order valence-corrected chi connectivity index (χ1v) is 5.20. The third-order valence-corrected chi connectivity index (χ3v) is 2.06. The van der Waals surface area contributed by atoms with Gasteiger partial charge in [-0.3, -0.25) is 0 Å². The summed E-state index contributed by atoms with van der Waals surface area (Å²) in [6.45, 7) is 6.79. The summed E-state index contributed by atoms with van der Waals surface area (Å²) in [5.41, 5.74) is 1.93. The van der Waals surface area contributed by atoms with Gasteiger partial charge in [0.15, 0.2) is 0 Å². The van der Waals surface area contributed by atoms with Crippen LogP contribution in [0.2, 0.25) is 0 Å². The molecule has 3 nitrogen and oxygen atoms in total. The van der Waals surface area contributed by atoms with Crippen molar-refractivity contribution in [3.05, 3.63) is 29.8 Å². The van der Waals surface area contributed by atoms with E-state index in [4.69, 9.17) is 0 Å². The minimum atomic E-state index is -0.141. The first kappa shape index (κ1) is 11.6. The van der Waals surface area contributed by atoms with Crippen molar-refractivity contribution in [3.63, 3.8) is 0 Å². The van der Waals surface area contributed by atoms with E-state index in [2.05, 4.69) is 24.5 Å². The Hall–Kier alpha value is -1.51. The van der Waals surface area contributed by atoms with Crippen molar-refractivity contribution in [3.8, 4) is 0 Å². The van der Waals surface area contributed by atoms with E-state index in [9.17, 15) is 4.79 Å². The Kier molecular flexibility index (Phi) is 4.16. The fourth-order valence-corrected chi connectivity index (χ4v) is 1.18. The van der Waals surface area contributed by atoms with Crippen LogP contribution in [0.3, 0.4) is 0 Å². The summed E-state index contributed by atoms with van der Waals surface area (Å²) in [5, 5.41) is 5.62. The molecule has 1 aromatic rings. The van der Waals surface area contributed by atoms with Crippen molar-refractivity contribution >= 4 is 11.7 Å². The lowest BCUT2D eigenvalue weighted by Gasteiger charge is -2.10. The molecule has 2 N–H and O–H groups in total. The van der Waals surface area contributed by atoms with Crippen molar-refractivity contribution in [1.29, 1.82) is 0 Å². The molecular formula is C12H18N2O. The first-order valence-electron chi connectivity index (χ1n) is 5.20. The number of carbonyl (C=O) groups is 1. The zero-order chi connectivity index (χ0) is 11.3. The first-order chi connectivity index (χ1) is 7.09. The molecule has 0 fully saturated rings. The number of hydrogen-bond donors (Lipinski definition) is 2. The van der Waals surface area contributed by atoms with Gasteiger partial charge in [-0.1, -0.05) is 32.0 Å². The molecule has 0 aromatic heterocycles. The second-order valence-electron chi connectivity index (χ2n) is 4.04. The fraction of sp³-hybridized carbons (Fsp3) is 0.417. The zero-order valence-corrected chi connectivity index (χ0v) is 9.50. The van der Waals surface area contributed by atoms with E-state index >= 15 is 0 Å². The van der Waals surface area contributed by atoms with Crippen LogP contribution in [-0.4, -0.2) is 12.6 Å². The van der Waals surface area contributed by atoms with Gasteiger partial charge in [0.1, 0.15) is 0 Å². The smallest absolute Gasteiger partial charge is 0.319 e. The average molecular weight is 206 g/mol. The molecule has 0 saturated heterocycles. The number of para-hydroxylation sites is 1. The lowest BCUT2D eigenvalue weighted by molar-refractivity contribution is 0.251. The Morgan fingerprint density at radius 1 is 1.33 bits per heavy atom. The van der Waals surface area contributed by atoms with Crippen molar-refractivity contribution in [2.45, 2.75) is 20.8 Å². The van der Waals surface area contributed by atoms with E-state index in [1.54, 1.807) is 0 Å². The second-order valence-corrected chi connectivity index (χ2v) is 4.04. The standard InChI is InChI=1S/C12H18N2O/c1-9(2)8-13-12(15)14-11-7-5-4-6-10(11)3/h4-7,9H,8H2,1-3H3,(H2,13,14,15). The summed E-state index contributed by atoms with van der Waals surface area (Å²) in [6, 6.07) is 7.58. The molecule has 0 spiro atoms. The number of urea groups is 1. The van der Waals surface area contributed by atoms with Crippen LogP contribution in [-0.2, 0) is 0 Å². The lowest BCUT2D eigenvalue weighted by Crippen LogP contribution is -2.31. The highest BCUT2D eigenvalue weighted by Gasteiger charge is 2.03. The van der Waals surface area contributed by atoms with Crippen LogP contribution in [0, 0.1) is 12.8 Å². The molecule has 1 aromatic carbocycles. The lowest BCUT2D eigenvalue weighted by atomic mass is 10.2. The summed E-state index contributed by atoms with van der Waals surface area (Å²) in [4.78, 5) is 11.4. The van der Waals surface area contributed by atoms with E-state index in [1.165, 1.54) is 0 Å². The number of hydrogen-bond acceptors (Lipinski definition) is 1. The number of benzene rings is 1. The monoisotopic (exact) mass is 206 g/mol. The largest absolute Gasteiger partial charge is 0.338 e. The number of anilines is 1. The molecule has 0 atom stereocenters. The van der Waals surface area contributed by atoms with E-state index in [1.807, 2.05) is 31.2 Å². The SMILES string of the molecule is Cc1ccccc1NC(=O)NCC(C)C. The van der Waals surface area contributed by atoms with Gasteiger partial charge in [-0.25, -0.2) is 4.79 Å². The highest BCUT2D eigenvalue weighted by atomic mass is 16.2. The molecule has 0 radical (unpaired) electrons. The second kappa shape index (κ2) is 5.39. The molecule has 3 heteroatoms. The molecule has 82 valence electrons. The molecule has 0 aliphatic rings. The van der Waals surface area contributed by atoms with E-state index in [-0.39, 0.29) is 6.03 Å².